The third-order valence-electron chi connectivity index (χ3n) is 4.04. The van der Waals surface area contributed by atoms with Gasteiger partial charge in [-0.1, -0.05) is 24.3 Å². The molecule has 6 nitrogen and oxygen atoms in total. The molecule has 1 heterocycles. The van der Waals surface area contributed by atoms with Crippen molar-refractivity contribution in [3.05, 3.63) is 64.4 Å². The summed E-state index contributed by atoms with van der Waals surface area (Å²) >= 11 is 0. The number of rotatable bonds is 5. The van der Waals surface area contributed by atoms with E-state index in [1.54, 1.807) is 25.2 Å². The molecule has 0 unspecified atom stereocenters. The van der Waals surface area contributed by atoms with E-state index in [1.807, 2.05) is 37.3 Å². The molecule has 0 bridgehead atoms. The minimum absolute atomic E-state index is 0.106. The Labute approximate surface area is 145 Å². The number of nitrogens with one attached hydrogen (secondary N) is 1. The lowest BCUT2D eigenvalue weighted by Crippen LogP contribution is -2.21. The van der Waals surface area contributed by atoms with Crippen LogP contribution >= 0.6 is 0 Å². The number of aromatic nitrogens is 2. The predicted octanol–water partition coefficient (Wildman–Crippen LogP) is 3.06. The molecule has 128 valence electrons. The molecule has 0 aliphatic carbocycles. The van der Waals surface area contributed by atoms with Crippen LogP contribution in [0.4, 0.5) is 5.95 Å². The van der Waals surface area contributed by atoms with E-state index in [9.17, 15) is 9.90 Å². The monoisotopic (exact) mass is 336 g/mol. The fraction of sp³-hybridized carbons (Fsp3) is 0.211. The standard InChI is InChI=1S/C19H20N4O2/c1-13(7-8-14-9-11-15(24)12-10-14)21-22-19-20-17-6-4-3-5-16(17)18(25)23(19)2/h3-6,9-12,24H,7-8H2,1-2H3,(H,20,22). The second-order valence-corrected chi connectivity index (χ2v) is 5.94. The van der Waals surface area contributed by atoms with Crippen molar-refractivity contribution < 1.29 is 5.11 Å². The highest BCUT2D eigenvalue weighted by Crippen LogP contribution is 2.12. The van der Waals surface area contributed by atoms with Gasteiger partial charge in [-0.15, -0.1) is 0 Å². The van der Waals surface area contributed by atoms with Crippen LogP contribution in [0.2, 0.25) is 0 Å². The molecule has 1 aromatic heterocycles. The van der Waals surface area contributed by atoms with Crippen LogP contribution in [0.1, 0.15) is 18.9 Å². The minimum Gasteiger partial charge on any atom is -0.508 e. The summed E-state index contributed by atoms with van der Waals surface area (Å²) < 4.78 is 1.46. The molecule has 0 atom stereocenters. The quantitative estimate of drug-likeness (QED) is 0.554. The van der Waals surface area contributed by atoms with E-state index in [-0.39, 0.29) is 11.3 Å². The van der Waals surface area contributed by atoms with Gasteiger partial charge in [0.1, 0.15) is 5.75 Å². The summed E-state index contributed by atoms with van der Waals surface area (Å²) in [7, 11) is 1.67. The summed E-state index contributed by atoms with van der Waals surface area (Å²) in [6, 6.07) is 14.4. The molecular weight excluding hydrogens is 316 g/mol. The van der Waals surface area contributed by atoms with Gasteiger partial charge >= 0.3 is 0 Å². The normalized spacial score (nSPS) is 11.7. The molecule has 0 saturated carbocycles. The number of para-hydroxylation sites is 1. The van der Waals surface area contributed by atoms with Crippen LogP contribution in [0.15, 0.2) is 58.4 Å². The first-order valence-corrected chi connectivity index (χ1v) is 8.07. The van der Waals surface area contributed by atoms with Crippen molar-refractivity contribution in [1.82, 2.24) is 9.55 Å². The Kier molecular flexibility index (Phi) is 4.79. The zero-order valence-electron chi connectivity index (χ0n) is 14.2. The molecule has 3 rings (SSSR count). The van der Waals surface area contributed by atoms with Crippen molar-refractivity contribution in [1.29, 1.82) is 0 Å². The second kappa shape index (κ2) is 7.17. The Hall–Kier alpha value is -3.15. The number of benzene rings is 2. The third kappa shape index (κ3) is 3.85. The number of aromatic hydroxyl groups is 1. The average molecular weight is 336 g/mol. The summed E-state index contributed by atoms with van der Waals surface area (Å²) in [5.41, 5.74) is 5.45. The molecule has 0 amide bonds. The van der Waals surface area contributed by atoms with E-state index in [1.165, 1.54) is 4.57 Å². The maximum Gasteiger partial charge on any atom is 0.262 e. The van der Waals surface area contributed by atoms with E-state index < -0.39 is 0 Å². The molecule has 0 aliphatic heterocycles. The highest BCUT2D eigenvalue weighted by Gasteiger charge is 2.07. The predicted molar refractivity (Wildman–Crippen MR) is 100 cm³/mol. The Balaban J connectivity index is 1.72. The maximum absolute atomic E-state index is 12.3. The average Bonchev–Trinajstić information content (AvgIpc) is 2.63. The van der Waals surface area contributed by atoms with Gasteiger partial charge in [0.05, 0.1) is 10.9 Å². The number of fused-ring (bicyclic) bond motifs is 1. The van der Waals surface area contributed by atoms with Crippen LogP contribution in [-0.2, 0) is 13.5 Å². The topological polar surface area (TPSA) is 79.5 Å². The summed E-state index contributed by atoms with van der Waals surface area (Å²) in [6.45, 7) is 1.92. The Morgan fingerprint density at radius 3 is 2.68 bits per heavy atom. The zero-order valence-corrected chi connectivity index (χ0v) is 14.2. The van der Waals surface area contributed by atoms with Gasteiger partial charge in [0, 0.05) is 12.8 Å². The number of phenols is 1. The van der Waals surface area contributed by atoms with Crippen molar-refractivity contribution in [3.8, 4) is 5.75 Å². The molecule has 25 heavy (non-hydrogen) atoms. The van der Waals surface area contributed by atoms with Gasteiger partial charge in [-0.2, -0.15) is 5.10 Å². The van der Waals surface area contributed by atoms with Gasteiger partial charge in [-0.05, 0) is 49.6 Å². The molecule has 0 radical (unpaired) electrons. The summed E-state index contributed by atoms with van der Waals surface area (Å²) in [6.07, 6.45) is 1.58. The largest absolute Gasteiger partial charge is 0.508 e. The minimum atomic E-state index is -0.106. The van der Waals surface area contributed by atoms with Crippen LogP contribution in [0.25, 0.3) is 10.9 Å². The number of nitrogens with zero attached hydrogens (tertiary/aromatic N) is 3. The summed E-state index contributed by atoms with van der Waals surface area (Å²) in [5, 5.41) is 14.2. The van der Waals surface area contributed by atoms with Crippen molar-refractivity contribution in [2.45, 2.75) is 19.8 Å². The van der Waals surface area contributed by atoms with Gasteiger partial charge in [-0.3, -0.25) is 9.36 Å². The van der Waals surface area contributed by atoms with Crippen LogP contribution < -0.4 is 11.0 Å². The molecule has 0 fully saturated rings. The van der Waals surface area contributed by atoms with Gasteiger partial charge in [0.15, 0.2) is 0 Å². The third-order valence-corrected chi connectivity index (χ3v) is 4.04. The second-order valence-electron chi connectivity index (χ2n) is 5.94. The highest BCUT2D eigenvalue weighted by molar-refractivity contribution is 5.83. The van der Waals surface area contributed by atoms with Crippen molar-refractivity contribution in [2.24, 2.45) is 12.1 Å². The van der Waals surface area contributed by atoms with Crippen LogP contribution in [0.3, 0.4) is 0 Å². The maximum atomic E-state index is 12.3. The zero-order chi connectivity index (χ0) is 17.8. The molecule has 0 aliphatic rings. The van der Waals surface area contributed by atoms with Crippen LogP contribution in [0.5, 0.6) is 5.75 Å². The molecule has 0 spiro atoms. The summed E-state index contributed by atoms with van der Waals surface area (Å²) in [4.78, 5) is 16.8. The number of phenolic OH excluding ortho intramolecular Hbond substituents is 1. The molecule has 2 N–H and O–H groups in total. The van der Waals surface area contributed by atoms with Gasteiger partial charge in [0.2, 0.25) is 5.95 Å². The van der Waals surface area contributed by atoms with Crippen LogP contribution in [-0.4, -0.2) is 20.4 Å². The van der Waals surface area contributed by atoms with E-state index >= 15 is 0 Å². The molecule has 2 aromatic carbocycles. The lowest BCUT2D eigenvalue weighted by molar-refractivity contribution is 0.475. The van der Waals surface area contributed by atoms with E-state index in [4.69, 9.17) is 0 Å². The lowest BCUT2D eigenvalue weighted by atomic mass is 10.1. The number of aryl methyl sites for hydroxylation is 1. The Bertz CT molecular complexity index is 975. The molecule has 0 saturated heterocycles. The Morgan fingerprint density at radius 1 is 1.20 bits per heavy atom. The van der Waals surface area contributed by atoms with Crippen LogP contribution in [0, 0.1) is 0 Å². The first-order valence-electron chi connectivity index (χ1n) is 8.07. The number of anilines is 1. The van der Waals surface area contributed by atoms with Crippen molar-refractivity contribution >= 4 is 22.6 Å². The van der Waals surface area contributed by atoms with E-state index in [0.29, 0.717) is 16.9 Å². The van der Waals surface area contributed by atoms with Gasteiger partial charge < -0.3 is 5.11 Å². The fourth-order valence-corrected chi connectivity index (χ4v) is 2.51. The fourth-order valence-electron chi connectivity index (χ4n) is 2.51. The lowest BCUT2D eigenvalue weighted by Gasteiger charge is -2.09. The molecule has 6 heteroatoms. The first kappa shape index (κ1) is 16.7. The van der Waals surface area contributed by atoms with E-state index in [0.717, 1.165) is 24.1 Å². The van der Waals surface area contributed by atoms with Crippen molar-refractivity contribution in [2.75, 3.05) is 5.43 Å². The van der Waals surface area contributed by atoms with Gasteiger partial charge in [0.25, 0.3) is 5.56 Å². The van der Waals surface area contributed by atoms with Gasteiger partial charge in [-0.25, -0.2) is 10.4 Å². The smallest absolute Gasteiger partial charge is 0.262 e. The molecule has 3 aromatic rings. The number of hydrazone groups is 1. The SMILES string of the molecule is CC(CCc1ccc(O)cc1)=NNc1nc2ccccc2c(=O)n1C. The number of hydrogen-bond donors (Lipinski definition) is 2. The summed E-state index contributed by atoms with van der Waals surface area (Å²) in [5.74, 6) is 0.673. The Morgan fingerprint density at radius 2 is 1.92 bits per heavy atom. The highest BCUT2D eigenvalue weighted by atomic mass is 16.3. The number of hydrogen-bond acceptors (Lipinski definition) is 5. The van der Waals surface area contributed by atoms with E-state index in [2.05, 4.69) is 15.5 Å². The first-order chi connectivity index (χ1) is 12.0. The molecular formula is C19H20N4O2. The van der Waals surface area contributed by atoms with Crippen molar-refractivity contribution in [3.63, 3.8) is 0 Å².